The fourth-order valence-corrected chi connectivity index (χ4v) is 2.89. The van der Waals surface area contributed by atoms with E-state index in [-0.39, 0.29) is 5.91 Å². The minimum absolute atomic E-state index is 0.301. The summed E-state index contributed by atoms with van der Waals surface area (Å²) in [6.07, 6.45) is 0. The van der Waals surface area contributed by atoms with Crippen LogP contribution in [0.1, 0.15) is 22.8 Å². The number of carbonyl (C=O) groups excluding carboxylic acids is 1. The Morgan fingerprint density at radius 1 is 0.966 bits per heavy atom. The van der Waals surface area contributed by atoms with E-state index in [1.54, 1.807) is 31.4 Å². The zero-order chi connectivity index (χ0) is 20.6. The van der Waals surface area contributed by atoms with Gasteiger partial charge in [0.25, 0.3) is 5.91 Å². The number of nitrogens with zero attached hydrogens (tertiary/aromatic N) is 3. The predicted molar refractivity (Wildman–Crippen MR) is 113 cm³/mol. The third-order valence-electron chi connectivity index (χ3n) is 4.46. The van der Waals surface area contributed by atoms with Crippen LogP contribution in [0.4, 0.5) is 11.6 Å². The van der Waals surface area contributed by atoms with Crippen LogP contribution in [0.15, 0.2) is 60.7 Å². The molecule has 3 aromatic rings. The van der Waals surface area contributed by atoms with Gasteiger partial charge in [-0.15, -0.1) is 10.2 Å². The standard InChI is InChI=1S/C22H24N4O3/c1-4-26(15-16-8-6-5-7-9-16)21-13-12-20(24-25-21)23-22(27)17-10-11-18(28-2)19(14-17)29-3/h5-14H,4,15H2,1-3H3,(H,23,24,27). The Labute approximate surface area is 170 Å². The largest absolute Gasteiger partial charge is 0.493 e. The zero-order valence-electron chi connectivity index (χ0n) is 16.8. The molecular formula is C22H24N4O3. The summed E-state index contributed by atoms with van der Waals surface area (Å²) >= 11 is 0. The lowest BCUT2D eigenvalue weighted by molar-refractivity contribution is 0.102. The maximum Gasteiger partial charge on any atom is 0.257 e. The van der Waals surface area contributed by atoms with Crippen LogP contribution in [0.2, 0.25) is 0 Å². The number of methoxy groups -OCH3 is 2. The van der Waals surface area contributed by atoms with Crippen LogP contribution in [0, 0.1) is 0 Å². The fourth-order valence-electron chi connectivity index (χ4n) is 2.89. The number of anilines is 2. The molecule has 3 rings (SSSR count). The van der Waals surface area contributed by atoms with E-state index in [0.29, 0.717) is 22.9 Å². The van der Waals surface area contributed by atoms with E-state index >= 15 is 0 Å². The molecule has 0 atom stereocenters. The Morgan fingerprint density at radius 3 is 2.34 bits per heavy atom. The molecule has 2 aromatic carbocycles. The molecule has 0 bridgehead atoms. The molecule has 0 radical (unpaired) electrons. The molecule has 7 nitrogen and oxygen atoms in total. The molecule has 0 aliphatic carbocycles. The first-order valence-corrected chi connectivity index (χ1v) is 9.30. The lowest BCUT2D eigenvalue weighted by Crippen LogP contribution is -2.23. The van der Waals surface area contributed by atoms with Crippen molar-refractivity contribution in [1.29, 1.82) is 0 Å². The topological polar surface area (TPSA) is 76.6 Å². The van der Waals surface area contributed by atoms with Crippen molar-refractivity contribution in [1.82, 2.24) is 10.2 Å². The number of amides is 1. The van der Waals surface area contributed by atoms with Crippen molar-refractivity contribution in [3.8, 4) is 11.5 Å². The molecule has 7 heteroatoms. The minimum atomic E-state index is -0.301. The Kier molecular flexibility index (Phi) is 6.63. The van der Waals surface area contributed by atoms with Crippen molar-refractivity contribution in [3.05, 3.63) is 71.8 Å². The van der Waals surface area contributed by atoms with Crippen molar-refractivity contribution in [2.75, 3.05) is 31.0 Å². The molecule has 0 aliphatic heterocycles. The summed E-state index contributed by atoms with van der Waals surface area (Å²) < 4.78 is 10.4. The van der Waals surface area contributed by atoms with Crippen molar-refractivity contribution < 1.29 is 14.3 Å². The normalized spacial score (nSPS) is 10.3. The highest BCUT2D eigenvalue weighted by atomic mass is 16.5. The minimum Gasteiger partial charge on any atom is -0.493 e. The number of hydrogen-bond donors (Lipinski definition) is 1. The molecule has 1 heterocycles. The summed E-state index contributed by atoms with van der Waals surface area (Å²) in [4.78, 5) is 14.6. The van der Waals surface area contributed by atoms with E-state index in [9.17, 15) is 4.79 Å². The Bertz CT molecular complexity index is 946. The zero-order valence-corrected chi connectivity index (χ0v) is 16.8. The Morgan fingerprint density at radius 2 is 1.72 bits per heavy atom. The molecule has 0 saturated heterocycles. The van der Waals surface area contributed by atoms with Gasteiger partial charge in [0, 0.05) is 18.7 Å². The van der Waals surface area contributed by atoms with Crippen molar-refractivity contribution in [2.45, 2.75) is 13.5 Å². The molecular weight excluding hydrogens is 368 g/mol. The van der Waals surface area contributed by atoms with Gasteiger partial charge in [-0.05, 0) is 42.8 Å². The van der Waals surface area contributed by atoms with Crippen LogP contribution in [-0.2, 0) is 6.54 Å². The van der Waals surface area contributed by atoms with Crippen LogP contribution in [0.3, 0.4) is 0 Å². The molecule has 150 valence electrons. The number of benzene rings is 2. The first-order valence-electron chi connectivity index (χ1n) is 9.30. The lowest BCUT2D eigenvalue weighted by Gasteiger charge is -2.21. The Hall–Kier alpha value is -3.61. The molecule has 1 N–H and O–H groups in total. The monoisotopic (exact) mass is 392 g/mol. The molecule has 0 fully saturated rings. The van der Waals surface area contributed by atoms with E-state index in [1.165, 1.54) is 12.7 Å². The number of ether oxygens (including phenoxy) is 2. The highest BCUT2D eigenvalue weighted by molar-refractivity contribution is 6.04. The predicted octanol–water partition coefficient (Wildman–Crippen LogP) is 3.77. The van der Waals surface area contributed by atoms with E-state index < -0.39 is 0 Å². The molecule has 0 aliphatic rings. The first-order chi connectivity index (χ1) is 14.1. The number of hydrogen-bond acceptors (Lipinski definition) is 6. The van der Waals surface area contributed by atoms with Crippen LogP contribution < -0.4 is 19.7 Å². The maximum absolute atomic E-state index is 12.5. The van der Waals surface area contributed by atoms with E-state index in [1.807, 2.05) is 24.3 Å². The van der Waals surface area contributed by atoms with Crippen molar-refractivity contribution >= 4 is 17.5 Å². The smallest absolute Gasteiger partial charge is 0.257 e. The van der Waals surface area contributed by atoms with E-state index in [4.69, 9.17) is 9.47 Å². The maximum atomic E-state index is 12.5. The van der Waals surface area contributed by atoms with E-state index in [0.717, 1.165) is 18.9 Å². The number of nitrogens with one attached hydrogen (secondary N) is 1. The average molecular weight is 392 g/mol. The second kappa shape index (κ2) is 9.54. The molecule has 29 heavy (non-hydrogen) atoms. The second-order valence-electron chi connectivity index (χ2n) is 6.30. The Balaban J connectivity index is 1.69. The summed E-state index contributed by atoms with van der Waals surface area (Å²) in [6.45, 7) is 3.60. The van der Waals surface area contributed by atoms with Crippen LogP contribution in [-0.4, -0.2) is 36.9 Å². The van der Waals surface area contributed by atoms with Crippen LogP contribution in [0.5, 0.6) is 11.5 Å². The quantitative estimate of drug-likeness (QED) is 0.629. The molecule has 0 unspecified atom stereocenters. The summed E-state index contributed by atoms with van der Waals surface area (Å²) in [6, 6.07) is 18.7. The van der Waals surface area contributed by atoms with Crippen LogP contribution >= 0.6 is 0 Å². The van der Waals surface area contributed by atoms with Gasteiger partial charge in [0.2, 0.25) is 0 Å². The molecule has 1 amide bonds. The van der Waals surface area contributed by atoms with Gasteiger partial charge < -0.3 is 19.7 Å². The summed E-state index contributed by atoms with van der Waals surface area (Å²) in [5.41, 5.74) is 1.63. The van der Waals surface area contributed by atoms with Gasteiger partial charge in [0.1, 0.15) is 0 Å². The SMILES string of the molecule is CCN(Cc1ccccc1)c1ccc(NC(=O)c2ccc(OC)c(OC)c2)nn1. The summed E-state index contributed by atoms with van der Waals surface area (Å²) in [5, 5.41) is 11.2. The molecule has 1 aromatic heterocycles. The first kappa shape index (κ1) is 20.1. The number of carbonyl (C=O) groups is 1. The van der Waals surface area contributed by atoms with Gasteiger partial charge >= 0.3 is 0 Å². The van der Waals surface area contributed by atoms with Crippen LogP contribution in [0.25, 0.3) is 0 Å². The van der Waals surface area contributed by atoms with Gasteiger partial charge in [0.05, 0.1) is 14.2 Å². The van der Waals surface area contributed by atoms with Gasteiger partial charge in [-0.1, -0.05) is 30.3 Å². The van der Waals surface area contributed by atoms with E-state index in [2.05, 4.69) is 39.5 Å². The molecule has 0 spiro atoms. The molecule has 0 saturated carbocycles. The lowest BCUT2D eigenvalue weighted by atomic mass is 10.2. The number of aromatic nitrogens is 2. The highest BCUT2D eigenvalue weighted by Gasteiger charge is 2.13. The van der Waals surface area contributed by atoms with Gasteiger partial charge in [-0.25, -0.2) is 0 Å². The van der Waals surface area contributed by atoms with Gasteiger partial charge in [0.15, 0.2) is 23.1 Å². The third kappa shape index (κ3) is 5.01. The summed E-state index contributed by atoms with van der Waals surface area (Å²) in [5.74, 6) is 1.88. The average Bonchev–Trinajstić information content (AvgIpc) is 2.78. The van der Waals surface area contributed by atoms with Crippen molar-refractivity contribution in [2.24, 2.45) is 0 Å². The van der Waals surface area contributed by atoms with Gasteiger partial charge in [-0.3, -0.25) is 4.79 Å². The third-order valence-corrected chi connectivity index (χ3v) is 4.46. The highest BCUT2D eigenvalue weighted by Crippen LogP contribution is 2.27. The van der Waals surface area contributed by atoms with Crippen molar-refractivity contribution in [3.63, 3.8) is 0 Å². The fraction of sp³-hybridized carbons (Fsp3) is 0.227. The van der Waals surface area contributed by atoms with Gasteiger partial charge in [-0.2, -0.15) is 0 Å². The summed E-state index contributed by atoms with van der Waals surface area (Å²) in [7, 11) is 3.07. The second-order valence-corrected chi connectivity index (χ2v) is 6.30. The number of rotatable bonds is 8.